The number of piperidine rings is 1. The molecule has 2 N–H and O–H groups in total. The fourth-order valence-corrected chi connectivity index (χ4v) is 7.34. The van der Waals surface area contributed by atoms with E-state index in [2.05, 4.69) is 19.4 Å². The van der Waals surface area contributed by atoms with Gasteiger partial charge in [-0.15, -0.1) is 4.40 Å². The lowest BCUT2D eigenvalue weighted by Crippen LogP contribution is -2.51. The van der Waals surface area contributed by atoms with Gasteiger partial charge in [-0.25, -0.2) is 4.98 Å². The van der Waals surface area contributed by atoms with E-state index in [0.717, 1.165) is 19.3 Å². The summed E-state index contributed by atoms with van der Waals surface area (Å²) in [5, 5.41) is 2.85. The molecule has 14 heteroatoms. The SMILES string of the molecule is CC(C)CCN1C(=O)C(C2=NS(=O)(=O)c3cc(NS(=O)(=O)N4CCCCC4)ccc3N2)C(=O)c2cccnc21. The first kappa shape index (κ1) is 27.2. The van der Waals surface area contributed by atoms with E-state index < -0.39 is 37.8 Å². The monoisotopic (exact) mass is 574 g/mol. The second-order valence-electron chi connectivity index (χ2n) is 10.2. The number of fused-ring (bicyclic) bond motifs is 2. The van der Waals surface area contributed by atoms with Crippen molar-refractivity contribution in [1.82, 2.24) is 9.29 Å². The van der Waals surface area contributed by atoms with Crippen molar-refractivity contribution < 1.29 is 26.4 Å². The summed E-state index contributed by atoms with van der Waals surface area (Å²) in [4.78, 5) is 32.4. The number of hydrogen-bond donors (Lipinski definition) is 2. The van der Waals surface area contributed by atoms with Crippen molar-refractivity contribution in [3.05, 3.63) is 42.1 Å². The average Bonchev–Trinajstić information content (AvgIpc) is 2.89. The number of carbonyl (C=O) groups is 2. The lowest BCUT2D eigenvalue weighted by atomic mass is 9.90. The Morgan fingerprint density at radius 3 is 2.59 bits per heavy atom. The van der Waals surface area contributed by atoms with Gasteiger partial charge in [-0.1, -0.05) is 20.3 Å². The highest BCUT2D eigenvalue weighted by atomic mass is 32.2. The molecule has 1 aromatic heterocycles. The minimum Gasteiger partial charge on any atom is -0.341 e. The van der Waals surface area contributed by atoms with Crippen LogP contribution in [0.3, 0.4) is 0 Å². The summed E-state index contributed by atoms with van der Waals surface area (Å²) in [5.41, 5.74) is 0.362. The molecule has 0 radical (unpaired) electrons. The van der Waals surface area contributed by atoms with Gasteiger partial charge in [0.1, 0.15) is 16.5 Å². The lowest BCUT2D eigenvalue weighted by molar-refractivity contribution is -0.119. The van der Waals surface area contributed by atoms with E-state index in [0.29, 0.717) is 26.1 Å². The maximum atomic E-state index is 13.6. The average molecular weight is 575 g/mol. The Bertz CT molecular complexity index is 1570. The van der Waals surface area contributed by atoms with E-state index in [4.69, 9.17) is 0 Å². The number of nitrogens with one attached hydrogen (secondary N) is 2. The van der Waals surface area contributed by atoms with Gasteiger partial charge in [-0.3, -0.25) is 19.2 Å². The van der Waals surface area contributed by atoms with Crippen LogP contribution in [0, 0.1) is 11.8 Å². The largest absolute Gasteiger partial charge is 0.341 e. The van der Waals surface area contributed by atoms with Crippen molar-refractivity contribution in [3.63, 3.8) is 0 Å². The molecule has 0 bridgehead atoms. The maximum absolute atomic E-state index is 13.6. The van der Waals surface area contributed by atoms with Crippen molar-refractivity contribution in [2.24, 2.45) is 16.2 Å². The molecule has 1 amide bonds. The van der Waals surface area contributed by atoms with Crippen molar-refractivity contribution >= 4 is 55.0 Å². The summed E-state index contributed by atoms with van der Waals surface area (Å²) in [6, 6.07) is 7.12. The van der Waals surface area contributed by atoms with Gasteiger partial charge in [0, 0.05) is 25.8 Å². The highest BCUT2D eigenvalue weighted by molar-refractivity contribution is 7.91. The zero-order valence-electron chi connectivity index (χ0n) is 21.6. The van der Waals surface area contributed by atoms with Crippen LogP contribution in [-0.4, -0.2) is 63.3 Å². The summed E-state index contributed by atoms with van der Waals surface area (Å²) in [5.74, 6) is -2.48. The molecule has 0 spiro atoms. The van der Waals surface area contributed by atoms with E-state index in [-0.39, 0.29) is 39.4 Å². The van der Waals surface area contributed by atoms with E-state index in [1.807, 2.05) is 13.8 Å². The third-order valence-corrected chi connectivity index (χ3v) is 9.80. The van der Waals surface area contributed by atoms with Crippen LogP contribution in [0.5, 0.6) is 0 Å². The van der Waals surface area contributed by atoms with Gasteiger partial charge in [0.15, 0.2) is 11.7 Å². The second-order valence-corrected chi connectivity index (χ2v) is 13.4. The Morgan fingerprint density at radius 2 is 1.87 bits per heavy atom. The van der Waals surface area contributed by atoms with Crippen LogP contribution in [0.15, 0.2) is 45.8 Å². The minimum absolute atomic E-state index is 0.0630. The number of pyridine rings is 1. The minimum atomic E-state index is -4.37. The number of carbonyl (C=O) groups excluding carboxylic acids is 2. The molecule has 1 fully saturated rings. The molecule has 4 heterocycles. The predicted octanol–water partition coefficient (Wildman–Crippen LogP) is 2.63. The number of rotatable bonds is 7. The molecule has 5 rings (SSSR count). The quantitative estimate of drug-likeness (QED) is 0.478. The van der Waals surface area contributed by atoms with E-state index in [9.17, 15) is 26.4 Å². The molecular formula is C25H30N6O6S2. The fraction of sp³-hybridized carbons (Fsp3) is 0.440. The zero-order valence-corrected chi connectivity index (χ0v) is 23.3. The van der Waals surface area contributed by atoms with Crippen molar-refractivity contribution in [1.29, 1.82) is 0 Å². The number of nitrogens with zero attached hydrogens (tertiary/aromatic N) is 4. The fourth-order valence-electron chi connectivity index (χ4n) is 4.86. The molecule has 1 saturated heterocycles. The zero-order chi connectivity index (χ0) is 27.9. The van der Waals surface area contributed by atoms with Crippen LogP contribution in [0.25, 0.3) is 0 Å². The highest BCUT2D eigenvalue weighted by Crippen LogP contribution is 2.35. The number of amidine groups is 1. The van der Waals surface area contributed by atoms with Gasteiger partial charge >= 0.3 is 10.2 Å². The van der Waals surface area contributed by atoms with Gasteiger partial charge in [-0.2, -0.15) is 21.1 Å². The van der Waals surface area contributed by atoms with Gasteiger partial charge < -0.3 is 5.32 Å². The molecule has 2 aromatic rings. The number of benzene rings is 1. The Hall–Kier alpha value is -3.36. The number of Topliss-reactive ketones (excluding diaryl/α,β-unsaturated/α-hetero) is 1. The Kier molecular flexibility index (Phi) is 7.20. The standard InChI is InChI=1S/C25H30N6O6S2/c1-16(2)10-14-31-24-18(7-6-11-26-24)22(32)21(25(31)33)23-27-19-9-8-17(15-20(19)38(34,35)29-23)28-39(36,37)30-12-4-3-5-13-30/h6-9,11,15-16,21,28H,3-5,10,12-14H2,1-2H3,(H,27,29). The van der Waals surface area contributed by atoms with Gasteiger partial charge in [0.2, 0.25) is 5.91 Å². The topological polar surface area (TPSA) is 158 Å². The van der Waals surface area contributed by atoms with Gasteiger partial charge in [-0.05, 0) is 55.5 Å². The molecule has 0 saturated carbocycles. The van der Waals surface area contributed by atoms with Crippen molar-refractivity contribution in [2.45, 2.75) is 44.4 Å². The summed E-state index contributed by atoms with van der Waals surface area (Å²) in [6.45, 7) is 5.11. The maximum Gasteiger partial charge on any atom is 0.301 e. The molecule has 208 valence electrons. The van der Waals surface area contributed by atoms with Crippen molar-refractivity contribution in [3.8, 4) is 0 Å². The molecular weight excluding hydrogens is 544 g/mol. The Morgan fingerprint density at radius 1 is 1.13 bits per heavy atom. The third-order valence-electron chi connectivity index (χ3n) is 6.93. The first-order chi connectivity index (χ1) is 18.5. The number of hydrogen-bond acceptors (Lipinski definition) is 8. The first-order valence-electron chi connectivity index (χ1n) is 12.8. The number of anilines is 3. The second kappa shape index (κ2) is 10.3. The summed E-state index contributed by atoms with van der Waals surface area (Å²) in [7, 11) is -8.23. The van der Waals surface area contributed by atoms with E-state index in [1.165, 1.54) is 33.6 Å². The Labute approximate surface area is 227 Å². The summed E-state index contributed by atoms with van der Waals surface area (Å²) < 4.78 is 59.6. The van der Waals surface area contributed by atoms with Crippen LogP contribution >= 0.6 is 0 Å². The Balaban J connectivity index is 1.46. The molecule has 0 aliphatic carbocycles. The van der Waals surface area contributed by atoms with Crippen LogP contribution in [-0.2, 0) is 25.0 Å². The van der Waals surface area contributed by atoms with Crippen molar-refractivity contribution in [2.75, 3.05) is 34.6 Å². The molecule has 39 heavy (non-hydrogen) atoms. The van der Waals surface area contributed by atoms with Crippen LogP contribution < -0.4 is 14.9 Å². The first-order valence-corrected chi connectivity index (χ1v) is 15.7. The highest BCUT2D eigenvalue weighted by Gasteiger charge is 2.45. The number of aromatic nitrogens is 1. The van der Waals surface area contributed by atoms with Gasteiger partial charge in [0.25, 0.3) is 10.0 Å². The predicted molar refractivity (Wildman–Crippen MR) is 147 cm³/mol. The summed E-state index contributed by atoms with van der Waals surface area (Å²) in [6.07, 6.45) is 4.62. The van der Waals surface area contributed by atoms with Crippen LogP contribution in [0.2, 0.25) is 0 Å². The number of ketones is 1. The summed E-state index contributed by atoms with van der Waals surface area (Å²) >= 11 is 0. The number of amides is 1. The molecule has 12 nitrogen and oxygen atoms in total. The molecule has 1 unspecified atom stereocenters. The third kappa shape index (κ3) is 5.28. The number of sulfonamides is 1. The van der Waals surface area contributed by atoms with E-state index in [1.54, 1.807) is 12.1 Å². The lowest BCUT2D eigenvalue weighted by Gasteiger charge is -2.34. The smallest absolute Gasteiger partial charge is 0.301 e. The van der Waals surface area contributed by atoms with E-state index >= 15 is 0 Å². The van der Waals surface area contributed by atoms with Crippen LogP contribution in [0.1, 0.15) is 49.9 Å². The molecule has 1 atom stereocenters. The molecule has 3 aliphatic rings. The van der Waals surface area contributed by atoms with Crippen LogP contribution in [0.4, 0.5) is 17.2 Å². The normalized spacial score (nSPS) is 21.2. The molecule has 1 aromatic carbocycles. The molecule has 3 aliphatic heterocycles. The van der Waals surface area contributed by atoms with Gasteiger partial charge in [0.05, 0.1) is 16.9 Å².